The third-order valence-electron chi connectivity index (χ3n) is 5.95. The molecule has 1 atom stereocenters. The van der Waals surface area contributed by atoms with Crippen molar-refractivity contribution in [3.63, 3.8) is 0 Å². The number of aromatic nitrogens is 2. The monoisotopic (exact) mass is 478 g/mol. The average Bonchev–Trinajstić information content (AvgIpc) is 3.48. The van der Waals surface area contributed by atoms with Crippen molar-refractivity contribution in [2.45, 2.75) is 24.8 Å². The van der Waals surface area contributed by atoms with E-state index in [1.807, 2.05) is 10.0 Å². The number of benzene rings is 1. The van der Waals surface area contributed by atoms with Gasteiger partial charge in [-0.25, -0.2) is 26.7 Å². The molecule has 9 nitrogen and oxygen atoms in total. The summed E-state index contributed by atoms with van der Waals surface area (Å²) in [6.45, 7) is 0. The van der Waals surface area contributed by atoms with Crippen molar-refractivity contribution in [3.8, 4) is 0 Å². The lowest BCUT2D eigenvalue weighted by molar-refractivity contribution is -0.128. The fourth-order valence-electron chi connectivity index (χ4n) is 4.34. The second-order valence-electron chi connectivity index (χ2n) is 8.09. The largest absolute Gasteiger partial charge is 0.465 e. The Hall–Kier alpha value is -3.54. The summed E-state index contributed by atoms with van der Waals surface area (Å²) in [5.74, 6) is -3.15. The molecular formula is C21H20F2N4O5S. The van der Waals surface area contributed by atoms with Crippen LogP contribution in [0.1, 0.15) is 24.8 Å². The van der Waals surface area contributed by atoms with Gasteiger partial charge in [-0.05, 0) is 18.4 Å². The van der Waals surface area contributed by atoms with Gasteiger partial charge in [-0.3, -0.25) is 14.8 Å². The molecule has 0 aliphatic heterocycles. The van der Waals surface area contributed by atoms with Crippen molar-refractivity contribution in [1.29, 1.82) is 0 Å². The summed E-state index contributed by atoms with van der Waals surface area (Å²) >= 11 is 0. The highest BCUT2D eigenvalue weighted by atomic mass is 32.2. The molecule has 2 aliphatic rings. The van der Waals surface area contributed by atoms with Crippen molar-refractivity contribution in [1.82, 2.24) is 14.5 Å². The zero-order valence-corrected chi connectivity index (χ0v) is 18.2. The predicted octanol–water partition coefficient (Wildman–Crippen LogP) is 3.00. The van der Waals surface area contributed by atoms with Gasteiger partial charge in [0.05, 0.1) is 17.9 Å². The highest BCUT2D eigenvalue weighted by molar-refractivity contribution is 7.89. The van der Waals surface area contributed by atoms with Crippen LogP contribution in [-0.2, 0) is 20.4 Å². The number of nitrogens with zero attached hydrogens (tertiary/aromatic N) is 2. The number of rotatable bonds is 6. The summed E-state index contributed by atoms with van der Waals surface area (Å²) in [6, 6.07) is 8.61. The number of halogens is 2. The molecule has 33 heavy (non-hydrogen) atoms. The third kappa shape index (κ3) is 3.90. The van der Waals surface area contributed by atoms with Gasteiger partial charge in [0.1, 0.15) is 11.4 Å². The molecule has 0 spiro atoms. The molecule has 0 radical (unpaired) electrons. The lowest BCUT2D eigenvalue weighted by Gasteiger charge is -2.40. The molecule has 12 heteroatoms. The predicted molar refractivity (Wildman–Crippen MR) is 115 cm³/mol. The molecule has 1 aromatic carbocycles. The van der Waals surface area contributed by atoms with Crippen molar-refractivity contribution in [3.05, 3.63) is 65.9 Å². The first-order chi connectivity index (χ1) is 15.5. The Bertz CT molecular complexity index is 1300. The molecule has 1 unspecified atom stereocenters. The first-order valence-electron chi connectivity index (χ1n) is 9.89. The van der Waals surface area contributed by atoms with E-state index in [4.69, 9.17) is 5.11 Å². The minimum atomic E-state index is -3.95. The lowest BCUT2D eigenvalue weighted by atomic mass is 9.73. The van der Waals surface area contributed by atoms with E-state index >= 15 is 4.39 Å². The van der Waals surface area contributed by atoms with Crippen LogP contribution in [0.5, 0.6) is 0 Å². The van der Waals surface area contributed by atoms with E-state index in [9.17, 15) is 22.4 Å². The summed E-state index contributed by atoms with van der Waals surface area (Å²) in [5.41, 5.74) is -2.39. The van der Waals surface area contributed by atoms with E-state index in [1.165, 1.54) is 12.2 Å². The molecule has 4 rings (SSSR count). The number of carbonyl (C=O) groups excluding carboxylic acids is 1. The summed E-state index contributed by atoms with van der Waals surface area (Å²) in [4.78, 5) is 24.4. The minimum absolute atomic E-state index is 0.153. The van der Waals surface area contributed by atoms with Crippen LogP contribution in [0.15, 0.2) is 54.5 Å². The highest BCUT2D eigenvalue weighted by Gasteiger charge is 2.66. The van der Waals surface area contributed by atoms with Gasteiger partial charge >= 0.3 is 6.09 Å². The van der Waals surface area contributed by atoms with Crippen LogP contribution in [-0.4, -0.2) is 41.6 Å². The number of allylic oxidation sites excluding steroid dienone is 4. The zero-order chi connectivity index (χ0) is 24.0. The molecule has 3 N–H and O–H groups in total. The van der Waals surface area contributed by atoms with E-state index in [1.54, 1.807) is 30.3 Å². The maximum absolute atomic E-state index is 15.6. The summed E-state index contributed by atoms with van der Waals surface area (Å²) < 4.78 is 56.4. The Morgan fingerprint density at radius 2 is 1.85 bits per heavy atom. The fourth-order valence-corrected chi connectivity index (χ4v) is 4.87. The van der Waals surface area contributed by atoms with Crippen LogP contribution in [0, 0.1) is 11.2 Å². The van der Waals surface area contributed by atoms with Crippen molar-refractivity contribution in [2.75, 3.05) is 11.6 Å². The molecule has 174 valence electrons. The molecule has 1 saturated carbocycles. The Morgan fingerprint density at radius 3 is 2.39 bits per heavy atom. The Labute approximate surface area is 187 Å². The molecule has 1 fully saturated rings. The van der Waals surface area contributed by atoms with Gasteiger partial charge in [0.15, 0.2) is 11.6 Å². The second-order valence-corrected chi connectivity index (χ2v) is 9.84. The van der Waals surface area contributed by atoms with Crippen LogP contribution in [0.4, 0.5) is 19.4 Å². The first kappa shape index (κ1) is 22.6. The highest BCUT2D eigenvalue weighted by Crippen LogP contribution is 2.62. The number of sulfonamides is 1. The number of carboxylic acid groups (broad SMARTS) is 1. The van der Waals surface area contributed by atoms with Crippen LogP contribution >= 0.6 is 0 Å². The molecule has 2 aliphatic carbocycles. The van der Waals surface area contributed by atoms with Crippen molar-refractivity contribution >= 4 is 33.4 Å². The molecule has 1 aromatic heterocycles. The van der Waals surface area contributed by atoms with E-state index in [0.29, 0.717) is 5.56 Å². The molecule has 2 aromatic rings. The number of hydrogen-bond acceptors (Lipinski definition) is 5. The van der Waals surface area contributed by atoms with Crippen molar-refractivity contribution < 1.29 is 31.9 Å². The summed E-state index contributed by atoms with van der Waals surface area (Å²) in [5, 5.41) is 15.0. The number of amides is 2. The summed E-state index contributed by atoms with van der Waals surface area (Å²) in [6.07, 6.45) is 2.70. The van der Waals surface area contributed by atoms with Gasteiger partial charge in [0.2, 0.25) is 15.9 Å². The van der Waals surface area contributed by atoms with E-state index < -0.39 is 56.9 Å². The molecule has 0 saturated heterocycles. The Kier molecular flexibility index (Phi) is 5.35. The molecule has 2 amide bonds. The van der Waals surface area contributed by atoms with Crippen LogP contribution in [0.3, 0.4) is 0 Å². The third-order valence-corrected chi connectivity index (χ3v) is 6.50. The van der Waals surface area contributed by atoms with Gasteiger partial charge in [-0.2, -0.15) is 5.10 Å². The van der Waals surface area contributed by atoms with Gasteiger partial charge < -0.3 is 5.11 Å². The average molecular weight is 478 g/mol. The molecule has 0 bridgehead atoms. The fraction of sp³-hybridized carbons (Fsp3) is 0.286. The second kappa shape index (κ2) is 7.80. The normalized spacial score (nSPS) is 21.5. The zero-order valence-electron chi connectivity index (χ0n) is 17.4. The smallest absolute Gasteiger partial charge is 0.410 e. The minimum Gasteiger partial charge on any atom is -0.465 e. The number of nitrogens with one attached hydrogen (secondary N) is 2. The Balaban J connectivity index is 1.88. The number of carbonyl (C=O) groups is 2. The number of hydrogen-bond donors (Lipinski definition) is 3. The van der Waals surface area contributed by atoms with Gasteiger partial charge in [-0.1, -0.05) is 42.5 Å². The topological polar surface area (TPSA) is 130 Å². The van der Waals surface area contributed by atoms with Crippen molar-refractivity contribution in [2.24, 2.45) is 5.41 Å². The SMILES string of the molecule is CS(=O)(=O)NC(=O)C1(C2(n3ncc(F)c3NC(=O)O)C=CC(c3ccccc3)=C(F)C2)CC1. The van der Waals surface area contributed by atoms with Gasteiger partial charge in [0.25, 0.3) is 0 Å². The van der Waals surface area contributed by atoms with E-state index in [2.05, 4.69) is 5.10 Å². The van der Waals surface area contributed by atoms with E-state index in [-0.39, 0.29) is 18.4 Å². The first-order valence-corrected chi connectivity index (χ1v) is 11.8. The quantitative estimate of drug-likeness (QED) is 0.585. The maximum atomic E-state index is 15.6. The van der Waals surface area contributed by atoms with Crippen LogP contribution in [0.25, 0.3) is 5.57 Å². The standard InChI is InChI=1S/C21H20F2N4O5S/c1-33(31,32)26-18(28)20(9-10-20)21(27-17(25-19(29)30)16(23)12-24-27)8-7-14(15(22)11-21)13-5-3-2-4-6-13/h2-8,12,25H,9-11H2,1H3,(H,26,28)(H,29,30). The van der Waals surface area contributed by atoms with Crippen LogP contribution < -0.4 is 10.0 Å². The Morgan fingerprint density at radius 1 is 1.18 bits per heavy atom. The number of anilines is 1. The van der Waals surface area contributed by atoms with Crippen LogP contribution in [0.2, 0.25) is 0 Å². The maximum Gasteiger partial charge on any atom is 0.410 e. The molecule has 1 heterocycles. The van der Waals surface area contributed by atoms with E-state index in [0.717, 1.165) is 17.1 Å². The lowest BCUT2D eigenvalue weighted by Crippen LogP contribution is -2.52. The molecular weight excluding hydrogens is 458 g/mol. The van der Waals surface area contributed by atoms with Gasteiger partial charge in [-0.15, -0.1) is 0 Å². The summed E-state index contributed by atoms with van der Waals surface area (Å²) in [7, 11) is -3.95. The van der Waals surface area contributed by atoms with Gasteiger partial charge in [0, 0.05) is 12.0 Å².